The van der Waals surface area contributed by atoms with Gasteiger partial charge in [-0.1, -0.05) is 6.07 Å². The lowest BCUT2D eigenvalue weighted by molar-refractivity contribution is -0.131. The predicted molar refractivity (Wildman–Crippen MR) is 74.3 cm³/mol. The summed E-state index contributed by atoms with van der Waals surface area (Å²) in [5, 5.41) is 11.2. The molecule has 2 N–H and O–H groups in total. The molecule has 1 atom stereocenters. The second kappa shape index (κ2) is 6.99. The number of rotatable bonds is 5. The molecule has 0 saturated carbocycles. The van der Waals surface area contributed by atoms with Gasteiger partial charge in [0.2, 0.25) is 0 Å². The maximum atomic E-state index is 13.8. The predicted octanol–water partition coefficient (Wildman–Crippen LogP) is 1.69. The van der Waals surface area contributed by atoms with Gasteiger partial charge < -0.3 is 15.2 Å². The van der Waals surface area contributed by atoms with Crippen molar-refractivity contribution in [3.8, 4) is 0 Å². The number of amides is 1. The van der Waals surface area contributed by atoms with Crippen LogP contribution in [0.4, 0.5) is 4.39 Å². The van der Waals surface area contributed by atoms with E-state index in [1.54, 1.807) is 0 Å². The monoisotopic (exact) mass is 293 g/mol. The van der Waals surface area contributed by atoms with E-state index in [9.17, 15) is 14.0 Å². The molecule has 0 bridgehead atoms. The molecule has 1 aliphatic rings. The van der Waals surface area contributed by atoms with E-state index in [-0.39, 0.29) is 17.0 Å². The van der Waals surface area contributed by atoms with Crippen molar-refractivity contribution >= 4 is 18.0 Å². The van der Waals surface area contributed by atoms with E-state index in [1.807, 2.05) is 0 Å². The van der Waals surface area contributed by atoms with Crippen LogP contribution < -0.4 is 5.32 Å². The fourth-order valence-corrected chi connectivity index (χ4v) is 2.05. The van der Waals surface area contributed by atoms with Crippen molar-refractivity contribution in [3.05, 3.63) is 41.2 Å². The Labute approximate surface area is 121 Å². The molecule has 2 rings (SSSR count). The maximum absolute atomic E-state index is 13.8. The third-order valence-electron chi connectivity index (χ3n) is 3.24. The summed E-state index contributed by atoms with van der Waals surface area (Å²) in [5.74, 6) is -1.84. The Morgan fingerprint density at radius 2 is 2.29 bits per heavy atom. The first kappa shape index (κ1) is 15.2. The molecule has 1 aliphatic heterocycles. The van der Waals surface area contributed by atoms with Crippen molar-refractivity contribution in [2.45, 2.75) is 6.42 Å². The molecule has 1 amide bonds. The van der Waals surface area contributed by atoms with Gasteiger partial charge in [-0.05, 0) is 24.6 Å². The summed E-state index contributed by atoms with van der Waals surface area (Å²) in [7, 11) is 0. The van der Waals surface area contributed by atoms with E-state index >= 15 is 0 Å². The fraction of sp³-hybridized carbons (Fsp3) is 0.333. The van der Waals surface area contributed by atoms with E-state index in [1.165, 1.54) is 12.1 Å². The van der Waals surface area contributed by atoms with Crippen LogP contribution in [0.1, 0.15) is 22.3 Å². The molecule has 0 aliphatic carbocycles. The van der Waals surface area contributed by atoms with Crippen molar-refractivity contribution in [3.63, 3.8) is 0 Å². The topological polar surface area (TPSA) is 75.6 Å². The number of carbonyl (C=O) groups excluding carboxylic acids is 1. The first-order valence-corrected chi connectivity index (χ1v) is 6.63. The molecule has 1 aromatic rings. The molecule has 1 heterocycles. The molecule has 112 valence electrons. The average molecular weight is 293 g/mol. The molecule has 1 aromatic carbocycles. The normalized spacial score (nSPS) is 18.0. The van der Waals surface area contributed by atoms with E-state index in [2.05, 4.69) is 5.32 Å². The van der Waals surface area contributed by atoms with Crippen LogP contribution in [0.5, 0.6) is 0 Å². The summed E-state index contributed by atoms with van der Waals surface area (Å²) in [4.78, 5) is 22.3. The summed E-state index contributed by atoms with van der Waals surface area (Å²) in [6.07, 6.45) is 2.90. The number of hydrogen-bond donors (Lipinski definition) is 2. The summed E-state index contributed by atoms with van der Waals surface area (Å²) >= 11 is 0. The van der Waals surface area contributed by atoms with Gasteiger partial charge in [-0.25, -0.2) is 9.18 Å². The van der Waals surface area contributed by atoms with Gasteiger partial charge in [-0.3, -0.25) is 4.79 Å². The van der Waals surface area contributed by atoms with Crippen LogP contribution >= 0.6 is 0 Å². The minimum absolute atomic E-state index is 0.123. The Morgan fingerprint density at radius 3 is 2.90 bits per heavy atom. The second-order valence-corrected chi connectivity index (χ2v) is 4.85. The Bertz CT molecular complexity index is 565. The van der Waals surface area contributed by atoms with Crippen molar-refractivity contribution in [2.24, 2.45) is 5.92 Å². The summed E-state index contributed by atoms with van der Waals surface area (Å²) in [6, 6.07) is 3.94. The van der Waals surface area contributed by atoms with Crippen LogP contribution in [0.15, 0.2) is 24.3 Å². The average Bonchev–Trinajstić information content (AvgIpc) is 2.96. The maximum Gasteiger partial charge on any atom is 0.328 e. The molecule has 6 heteroatoms. The van der Waals surface area contributed by atoms with Crippen LogP contribution in [-0.2, 0) is 9.53 Å². The van der Waals surface area contributed by atoms with E-state index in [0.717, 1.165) is 24.6 Å². The quantitative estimate of drug-likeness (QED) is 0.810. The number of ether oxygens (including phenoxy) is 1. The lowest BCUT2D eigenvalue weighted by Crippen LogP contribution is -2.29. The number of carboxylic acid groups (broad SMARTS) is 1. The van der Waals surface area contributed by atoms with Crippen molar-refractivity contribution in [2.75, 3.05) is 19.8 Å². The first-order chi connectivity index (χ1) is 10.1. The lowest BCUT2D eigenvalue weighted by atomic mass is 10.1. The Hall–Kier alpha value is -2.21. The van der Waals surface area contributed by atoms with Gasteiger partial charge in [-0.15, -0.1) is 0 Å². The SMILES string of the molecule is O=C(O)C=Cc1ccc(C(=O)NCC2CCOC2)cc1F. The smallest absolute Gasteiger partial charge is 0.328 e. The minimum atomic E-state index is -1.16. The van der Waals surface area contributed by atoms with Crippen LogP contribution in [0.2, 0.25) is 0 Å². The zero-order valence-electron chi connectivity index (χ0n) is 11.3. The Kier molecular flexibility index (Phi) is 5.05. The molecule has 1 unspecified atom stereocenters. The molecule has 0 aromatic heterocycles. The van der Waals surface area contributed by atoms with Crippen LogP contribution in [-0.4, -0.2) is 36.7 Å². The largest absolute Gasteiger partial charge is 0.478 e. The number of nitrogens with one attached hydrogen (secondary N) is 1. The van der Waals surface area contributed by atoms with E-state index < -0.39 is 11.8 Å². The third-order valence-corrected chi connectivity index (χ3v) is 3.24. The number of carboxylic acids is 1. The standard InChI is InChI=1S/C15H16FNO4/c16-13-7-12(2-1-11(13)3-4-14(18)19)15(20)17-8-10-5-6-21-9-10/h1-4,7,10H,5-6,8-9H2,(H,17,20)(H,18,19). The Morgan fingerprint density at radius 1 is 1.48 bits per heavy atom. The molecule has 0 radical (unpaired) electrons. The van der Waals surface area contributed by atoms with Gasteiger partial charge >= 0.3 is 5.97 Å². The van der Waals surface area contributed by atoms with Crippen LogP contribution in [0.25, 0.3) is 6.08 Å². The second-order valence-electron chi connectivity index (χ2n) is 4.85. The molecule has 5 nitrogen and oxygen atoms in total. The highest BCUT2D eigenvalue weighted by Gasteiger charge is 2.17. The number of aliphatic carboxylic acids is 1. The van der Waals surface area contributed by atoms with Gasteiger partial charge in [0.25, 0.3) is 5.91 Å². The van der Waals surface area contributed by atoms with Gasteiger partial charge in [0.05, 0.1) is 6.61 Å². The van der Waals surface area contributed by atoms with Crippen molar-refractivity contribution < 1.29 is 23.8 Å². The molecule has 0 spiro atoms. The molecular weight excluding hydrogens is 277 g/mol. The molecule has 1 fully saturated rings. The van der Waals surface area contributed by atoms with Crippen LogP contribution in [0.3, 0.4) is 0 Å². The highest BCUT2D eigenvalue weighted by atomic mass is 19.1. The van der Waals surface area contributed by atoms with Crippen LogP contribution in [0, 0.1) is 11.7 Å². The molecule has 21 heavy (non-hydrogen) atoms. The van der Waals surface area contributed by atoms with E-state index in [0.29, 0.717) is 25.7 Å². The highest BCUT2D eigenvalue weighted by Crippen LogP contribution is 2.14. The fourth-order valence-electron chi connectivity index (χ4n) is 2.05. The molecule has 1 saturated heterocycles. The molecular formula is C15H16FNO4. The van der Waals surface area contributed by atoms with Crippen molar-refractivity contribution in [1.82, 2.24) is 5.32 Å². The number of carbonyl (C=O) groups is 2. The minimum Gasteiger partial charge on any atom is -0.478 e. The van der Waals surface area contributed by atoms with Gasteiger partial charge in [0, 0.05) is 36.3 Å². The highest BCUT2D eigenvalue weighted by molar-refractivity contribution is 5.94. The zero-order valence-corrected chi connectivity index (χ0v) is 11.3. The van der Waals surface area contributed by atoms with Gasteiger partial charge in [0.15, 0.2) is 0 Å². The summed E-state index contributed by atoms with van der Waals surface area (Å²) in [6.45, 7) is 1.84. The van der Waals surface area contributed by atoms with Crippen molar-refractivity contribution in [1.29, 1.82) is 0 Å². The number of benzene rings is 1. The number of hydrogen-bond acceptors (Lipinski definition) is 3. The summed E-state index contributed by atoms with van der Waals surface area (Å²) in [5.41, 5.74) is 0.331. The third kappa shape index (κ3) is 4.39. The summed E-state index contributed by atoms with van der Waals surface area (Å²) < 4.78 is 19.0. The van der Waals surface area contributed by atoms with E-state index in [4.69, 9.17) is 9.84 Å². The zero-order chi connectivity index (χ0) is 15.2. The first-order valence-electron chi connectivity index (χ1n) is 6.63. The number of halogens is 1. The Balaban J connectivity index is 1.98. The van der Waals surface area contributed by atoms with Gasteiger partial charge in [0.1, 0.15) is 5.82 Å². The van der Waals surface area contributed by atoms with Gasteiger partial charge in [-0.2, -0.15) is 0 Å². The lowest BCUT2D eigenvalue weighted by Gasteiger charge is -2.09.